The average molecular weight is 260 g/mol. The molecule has 0 spiro atoms. The van der Waals surface area contributed by atoms with Gasteiger partial charge in [0.1, 0.15) is 0 Å². The van der Waals surface area contributed by atoms with Gasteiger partial charge in [-0.25, -0.2) is 0 Å². The Bertz CT molecular complexity index is 379. The summed E-state index contributed by atoms with van der Waals surface area (Å²) in [6.07, 6.45) is 1.70. The van der Waals surface area contributed by atoms with Gasteiger partial charge in [0.25, 0.3) is 0 Å². The summed E-state index contributed by atoms with van der Waals surface area (Å²) in [5, 5.41) is 0.948. The smallest absolute Gasteiger partial charge is 0.168 e. The first-order valence-electron chi connectivity index (χ1n) is 5.29. The summed E-state index contributed by atoms with van der Waals surface area (Å²) in [5.74, 6) is -0.183. The van der Waals surface area contributed by atoms with Crippen LogP contribution >= 0.6 is 23.2 Å². The van der Waals surface area contributed by atoms with Gasteiger partial charge in [-0.15, -0.1) is 0 Å². The fourth-order valence-electron chi connectivity index (χ4n) is 1.61. The van der Waals surface area contributed by atoms with Gasteiger partial charge in [-0.1, -0.05) is 36.5 Å². The Morgan fingerprint density at radius 2 is 2.12 bits per heavy atom. The van der Waals surface area contributed by atoms with Crippen molar-refractivity contribution in [3.05, 3.63) is 33.8 Å². The summed E-state index contributed by atoms with van der Waals surface area (Å²) < 4.78 is 0. The highest BCUT2D eigenvalue weighted by atomic mass is 35.5. The Kier molecular flexibility index (Phi) is 5.26. The highest BCUT2D eigenvalue weighted by molar-refractivity contribution is 6.36. The van der Waals surface area contributed by atoms with Gasteiger partial charge >= 0.3 is 0 Å². The zero-order valence-corrected chi connectivity index (χ0v) is 10.7. The van der Waals surface area contributed by atoms with E-state index >= 15 is 0 Å². The molecule has 1 aromatic carbocycles. The first kappa shape index (κ1) is 13.5. The monoisotopic (exact) mass is 259 g/mol. The fourth-order valence-corrected chi connectivity index (χ4v) is 1.99. The number of hydrogen-bond donors (Lipinski definition) is 1. The van der Waals surface area contributed by atoms with E-state index in [0.29, 0.717) is 22.2 Å². The summed E-state index contributed by atoms with van der Waals surface area (Å²) in [6.45, 7) is 2.37. The Morgan fingerprint density at radius 3 is 2.69 bits per heavy atom. The summed E-state index contributed by atoms with van der Waals surface area (Å²) in [7, 11) is 0. The van der Waals surface area contributed by atoms with Gasteiger partial charge in [0.05, 0.1) is 5.02 Å². The molecule has 1 aromatic rings. The second-order valence-electron chi connectivity index (χ2n) is 3.71. The molecule has 0 saturated heterocycles. The Balaban J connectivity index is 2.98. The summed E-state index contributed by atoms with van der Waals surface area (Å²) in [5.41, 5.74) is 6.06. The molecule has 0 aromatic heterocycles. The van der Waals surface area contributed by atoms with Gasteiger partial charge in [-0.3, -0.25) is 4.79 Å². The van der Waals surface area contributed by atoms with Crippen molar-refractivity contribution in [3.63, 3.8) is 0 Å². The van der Waals surface area contributed by atoms with Crippen LogP contribution in [0.2, 0.25) is 10.0 Å². The van der Waals surface area contributed by atoms with Crippen LogP contribution in [0.25, 0.3) is 0 Å². The molecule has 0 aliphatic rings. The molecule has 0 bridgehead atoms. The Morgan fingerprint density at radius 1 is 1.44 bits per heavy atom. The molecule has 0 aliphatic heterocycles. The predicted octanol–water partition coefficient (Wildman–Crippen LogP) is 3.55. The minimum Gasteiger partial charge on any atom is -0.330 e. The van der Waals surface area contributed by atoms with E-state index in [0.717, 1.165) is 12.8 Å². The molecule has 0 amide bonds. The van der Waals surface area contributed by atoms with E-state index in [1.807, 2.05) is 6.92 Å². The minimum absolute atomic E-state index is 0.0168. The number of benzene rings is 1. The minimum atomic E-state index is -0.166. The first-order chi connectivity index (χ1) is 7.60. The van der Waals surface area contributed by atoms with Gasteiger partial charge in [-0.05, 0) is 24.6 Å². The number of rotatable bonds is 5. The van der Waals surface area contributed by atoms with E-state index in [4.69, 9.17) is 28.9 Å². The van der Waals surface area contributed by atoms with E-state index in [2.05, 4.69) is 0 Å². The van der Waals surface area contributed by atoms with Crippen LogP contribution in [-0.2, 0) is 0 Å². The molecule has 1 rings (SSSR count). The molecule has 2 nitrogen and oxygen atoms in total. The molecule has 0 aliphatic carbocycles. The van der Waals surface area contributed by atoms with E-state index < -0.39 is 0 Å². The number of carbonyl (C=O) groups excluding carboxylic acids is 1. The molecule has 0 saturated carbocycles. The van der Waals surface area contributed by atoms with Crippen LogP contribution in [0.3, 0.4) is 0 Å². The highest BCUT2D eigenvalue weighted by Crippen LogP contribution is 2.24. The summed E-state index contributed by atoms with van der Waals surface area (Å²) >= 11 is 11.8. The first-order valence-corrected chi connectivity index (χ1v) is 6.05. The lowest BCUT2D eigenvalue weighted by Crippen LogP contribution is -2.23. The number of hydrogen-bond acceptors (Lipinski definition) is 2. The number of carbonyl (C=O) groups is 1. The van der Waals surface area contributed by atoms with Crippen LogP contribution < -0.4 is 5.73 Å². The van der Waals surface area contributed by atoms with Crippen LogP contribution in [0.5, 0.6) is 0 Å². The number of nitrogens with two attached hydrogens (primary N) is 1. The van der Waals surface area contributed by atoms with Gasteiger partial charge in [0, 0.05) is 23.0 Å². The maximum atomic E-state index is 12.1. The maximum Gasteiger partial charge on any atom is 0.168 e. The van der Waals surface area contributed by atoms with Gasteiger partial charge in [0.15, 0.2) is 5.78 Å². The van der Waals surface area contributed by atoms with E-state index in [9.17, 15) is 4.79 Å². The van der Waals surface area contributed by atoms with Crippen LogP contribution in [0.1, 0.15) is 30.1 Å². The largest absolute Gasteiger partial charge is 0.330 e. The van der Waals surface area contributed by atoms with Crippen molar-refractivity contribution >= 4 is 29.0 Å². The van der Waals surface area contributed by atoms with E-state index in [1.165, 1.54) is 0 Å². The molecule has 0 heterocycles. The fraction of sp³-hybridized carbons (Fsp3) is 0.417. The third kappa shape index (κ3) is 3.21. The molecule has 1 atom stereocenters. The molecule has 2 N–H and O–H groups in total. The Hall–Kier alpha value is -0.570. The molecule has 1 unspecified atom stereocenters. The lowest BCUT2D eigenvalue weighted by atomic mass is 9.93. The van der Waals surface area contributed by atoms with Crippen molar-refractivity contribution in [2.75, 3.05) is 6.54 Å². The van der Waals surface area contributed by atoms with Crippen molar-refractivity contribution in [3.8, 4) is 0 Å². The second-order valence-corrected chi connectivity index (χ2v) is 4.55. The Labute approximate surface area is 106 Å². The lowest BCUT2D eigenvalue weighted by molar-refractivity contribution is 0.0917. The van der Waals surface area contributed by atoms with Crippen molar-refractivity contribution < 1.29 is 4.79 Å². The van der Waals surface area contributed by atoms with Gasteiger partial charge in [-0.2, -0.15) is 0 Å². The third-order valence-electron chi connectivity index (χ3n) is 2.49. The average Bonchev–Trinajstić information content (AvgIpc) is 2.28. The molecular weight excluding hydrogens is 245 g/mol. The number of ketones is 1. The third-order valence-corrected chi connectivity index (χ3v) is 3.05. The van der Waals surface area contributed by atoms with E-state index in [-0.39, 0.29) is 11.7 Å². The van der Waals surface area contributed by atoms with Crippen LogP contribution in [0.4, 0.5) is 0 Å². The lowest BCUT2D eigenvalue weighted by Gasteiger charge is -2.13. The maximum absolute atomic E-state index is 12.1. The molecule has 0 radical (unpaired) electrons. The van der Waals surface area contributed by atoms with Crippen molar-refractivity contribution in [2.45, 2.75) is 19.8 Å². The quantitative estimate of drug-likeness (QED) is 0.822. The molecule has 0 fully saturated rings. The zero-order valence-electron chi connectivity index (χ0n) is 9.17. The van der Waals surface area contributed by atoms with Crippen molar-refractivity contribution in [1.29, 1.82) is 0 Å². The van der Waals surface area contributed by atoms with Crippen LogP contribution in [-0.4, -0.2) is 12.3 Å². The van der Waals surface area contributed by atoms with Crippen molar-refractivity contribution in [1.82, 2.24) is 0 Å². The van der Waals surface area contributed by atoms with Crippen LogP contribution in [0, 0.1) is 5.92 Å². The SMILES string of the molecule is CCCC(CN)C(=O)c1cc(Cl)ccc1Cl. The predicted molar refractivity (Wildman–Crippen MR) is 68.2 cm³/mol. The zero-order chi connectivity index (χ0) is 12.1. The standard InChI is InChI=1S/C12H15Cl2NO/c1-2-3-8(7-15)12(16)10-6-9(13)4-5-11(10)14/h4-6,8H,2-3,7,15H2,1H3. The summed E-state index contributed by atoms with van der Waals surface area (Å²) in [4.78, 5) is 12.1. The van der Waals surface area contributed by atoms with Gasteiger partial charge in [0.2, 0.25) is 0 Å². The van der Waals surface area contributed by atoms with E-state index in [1.54, 1.807) is 18.2 Å². The topological polar surface area (TPSA) is 43.1 Å². The highest BCUT2D eigenvalue weighted by Gasteiger charge is 2.20. The van der Waals surface area contributed by atoms with Crippen LogP contribution in [0.15, 0.2) is 18.2 Å². The molecule has 16 heavy (non-hydrogen) atoms. The second kappa shape index (κ2) is 6.24. The normalized spacial score (nSPS) is 12.5. The molecular formula is C12H15Cl2NO. The molecule has 88 valence electrons. The van der Waals surface area contributed by atoms with Gasteiger partial charge < -0.3 is 5.73 Å². The van der Waals surface area contributed by atoms with Crippen molar-refractivity contribution in [2.24, 2.45) is 11.7 Å². The number of halogens is 2. The summed E-state index contributed by atoms with van der Waals surface area (Å²) in [6, 6.07) is 4.90. The molecule has 4 heteroatoms. The number of Topliss-reactive ketones (excluding diaryl/α,β-unsaturated/α-hetero) is 1.